The normalized spacial score (nSPS) is 10.8. The van der Waals surface area contributed by atoms with Gasteiger partial charge in [0, 0.05) is 33.9 Å². The maximum Gasteiger partial charge on any atom is 0.241 e. The molecule has 0 heterocycles. The molecule has 0 spiro atoms. The minimum absolute atomic E-state index is 0. The number of halogens is 2. The van der Waals surface area contributed by atoms with Gasteiger partial charge in [0.05, 0.1) is 13.1 Å². The van der Waals surface area contributed by atoms with E-state index in [0.29, 0.717) is 32.3 Å². The van der Waals surface area contributed by atoms with Crippen LogP contribution in [0.2, 0.25) is 0 Å². The largest absolute Gasteiger partial charge is 0.382 e. The molecular weight excluding hydrogens is 438 g/mol. The summed E-state index contributed by atoms with van der Waals surface area (Å²) in [6.07, 6.45) is 0.840. The molecule has 0 saturated heterocycles. The van der Waals surface area contributed by atoms with Gasteiger partial charge in [0.2, 0.25) is 5.91 Å². The summed E-state index contributed by atoms with van der Waals surface area (Å²) in [5, 5.41) is 6.17. The van der Waals surface area contributed by atoms with Gasteiger partial charge in [-0.15, -0.1) is 24.0 Å². The fourth-order valence-electron chi connectivity index (χ4n) is 1.78. The van der Waals surface area contributed by atoms with E-state index >= 15 is 0 Å². The van der Waals surface area contributed by atoms with Crippen molar-refractivity contribution in [3.05, 3.63) is 35.6 Å². The Balaban J connectivity index is 0.00000576. The van der Waals surface area contributed by atoms with Crippen molar-refractivity contribution in [1.82, 2.24) is 15.5 Å². The van der Waals surface area contributed by atoms with Gasteiger partial charge in [-0.25, -0.2) is 9.38 Å². The van der Waals surface area contributed by atoms with E-state index in [1.165, 1.54) is 17.0 Å². The molecule has 0 aromatic heterocycles. The lowest BCUT2D eigenvalue weighted by atomic mass is 10.2. The first-order valence-corrected chi connectivity index (χ1v) is 8.07. The van der Waals surface area contributed by atoms with Crippen LogP contribution in [0, 0.1) is 5.82 Å². The quantitative estimate of drug-likeness (QED) is 0.253. The first kappa shape index (κ1) is 23.6. The minimum atomic E-state index is -0.272. The van der Waals surface area contributed by atoms with E-state index < -0.39 is 0 Å². The van der Waals surface area contributed by atoms with Gasteiger partial charge in [-0.2, -0.15) is 0 Å². The topological polar surface area (TPSA) is 66.0 Å². The molecule has 6 nitrogen and oxygen atoms in total. The molecule has 25 heavy (non-hydrogen) atoms. The lowest BCUT2D eigenvalue weighted by molar-refractivity contribution is -0.127. The molecule has 142 valence electrons. The standard InChI is InChI=1S/C17H27FN4O2.HI/c1-4-24-11-5-10-19-17(21-13-16(23)22(2)3)20-12-14-6-8-15(18)9-7-14;/h6-9H,4-5,10-13H2,1-3H3,(H2,19,20,21);1H. The van der Waals surface area contributed by atoms with E-state index in [-0.39, 0.29) is 42.2 Å². The number of benzene rings is 1. The predicted octanol–water partition coefficient (Wildman–Crippen LogP) is 1.99. The van der Waals surface area contributed by atoms with Crippen LogP contribution in [-0.4, -0.2) is 57.2 Å². The minimum Gasteiger partial charge on any atom is -0.382 e. The molecule has 0 aliphatic rings. The fraction of sp³-hybridized carbons (Fsp3) is 0.529. The van der Waals surface area contributed by atoms with Gasteiger partial charge in [-0.05, 0) is 31.0 Å². The Labute approximate surface area is 166 Å². The Morgan fingerprint density at radius 2 is 1.92 bits per heavy atom. The summed E-state index contributed by atoms with van der Waals surface area (Å²) in [5.74, 6) is 0.235. The third-order valence-electron chi connectivity index (χ3n) is 3.20. The molecule has 0 bridgehead atoms. The highest BCUT2D eigenvalue weighted by Crippen LogP contribution is 2.03. The maximum absolute atomic E-state index is 12.9. The summed E-state index contributed by atoms with van der Waals surface area (Å²) >= 11 is 0. The highest BCUT2D eigenvalue weighted by molar-refractivity contribution is 14.0. The number of rotatable bonds is 9. The number of aliphatic imine (C=N–C) groups is 1. The summed E-state index contributed by atoms with van der Waals surface area (Å²) in [6.45, 7) is 4.57. The van der Waals surface area contributed by atoms with Crippen molar-refractivity contribution in [2.75, 3.05) is 40.4 Å². The number of hydrogen-bond acceptors (Lipinski definition) is 3. The molecule has 1 rings (SSSR count). The van der Waals surface area contributed by atoms with E-state index in [1.54, 1.807) is 26.2 Å². The van der Waals surface area contributed by atoms with Crippen LogP contribution >= 0.6 is 24.0 Å². The van der Waals surface area contributed by atoms with Crippen LogP contribution in [-0.2, 0) is 16.1 Å². The van der Waals surface area contributed by atoms with Crippen LogP contribution in [0.5, 0.6) is 0 Å². The van der Waals surface area contributed by atoms with Crippen LogP contribution in [0.25, 0.3) is 0 Å². The molecule has 8 heteroatoms. The molecule has 0 atom stereocenters. The van der Waals surface area contributed by atoms with Crippen molar-refractivity contribution in [2.45, 2.75) is 19.9 Å². The molecule has 1 aromatic rings. The van der Waals surface area contributed by atoms with Gasteiger partial charge in [0.15, 0.2) is 5.96 Å². The molecule has 2 N–H and O–H groups in total. The van der Waals surface area contributed by atoms with Gasteiger partial charge < -0.3 is 20.3 Å². The van der Waals surface area contributed by atoms with Crippen LogP contribution < -0.4 is 10.6 Å². The van der Waals surface area contributed by atoms with E-state index in [0.717, 1.165) is 12.0 Å². The lowest BCUT2D eigenvalue weighted by Gasteiger charge is -2.15. The first-order chi connectivity index (χ1) is 11.5. The van der Waals surface area contributed by atoms with Crippen molar-refractivity contribution in [2.24, 2.45) is 4.99 Å². The second-order valence-corrected chi connectivity index (χ2v) is 5.41. The smallest absolute Gasteiger partial charge is 0.241 e. The second kappa shape index (κ2) is 13.8. The van der Waals surface area contributed by atoms with Crippen LogP contribution in [0.1, 0.15) is 18.9 Å². The molecule has 1 aromatic carbocycles. The number of ether oxygens (including phenoxy) is 1. The maximum atomic E-state index is 12.9. The Hall–Kier alpha value is -1.42. The molecule has 0 radical (unpaired) electrons. The summed E-state index contributed by atoms with van der Waals surface area (Å²) in [7, 11) is 3.41. The molecule has 0 saturated carbocycles. The number of guanidine groups is 1. The molecule has 0 unspecified atom stereocenters. The van der Waals surface area contributed by atoms with Crippen LogP contribution in [0.4, 0.5) is 4.39 Å². The Morgan fingerprint density at radius 3 is 2.52 bits per heavy atom. The fourth-order valence-corrected chi connectivity index (χ4v) is 1.78. The zero-order chi connectivity index (χ0) is 17.8. The van der Waals surface area contributed by atoms with E-state index in [9.17, 15) is 9.18 Å². The molecule has 0 fully saturated rings. The zero-order valence-electron chi connectivity index (χ0n) is 15.0. The Bertz CT molecular complexity index is 524. The Kier molecular flexibility index (Phi) is 13.0. The number of nitrogens with zero attached hydrogens (tertiary/aromatic N) is 2. The summed E-state index contributed by atoms with van der Waals surface area (Å²) < 4.78 is 18.2. The lowest BCUT2D eigenvalue weighted by Crippen LogP contribution is -2.43. The highest BCUT2D eigenvalue weighted by atomic mass is 127. The average molecular weight is 466 g/mol. The van der Waals surface area contributed by atoms with E-state index in [2.05, 4.69) is 15.6 Å². The number of hydrogen-bond donors (Lipinski definition) is 2. The SMILES string of the molecule is CCOCCCNC(=NCc1ccc(F)cc1)NCC(=O)N(C)C.I. The third-order valence-corrected chi connectivity index (χ3v) is 3.20. The monoisotopic (exact) mass is 466 g/mol. The molecule has 0 aliphatic heterocycles. The average Bonchev–Trinajstić information content (AvgIpc) is 2.57. The van der Waals surface area contributed by atoms with Crippen molar-refractivity contribution >= 4 is 35.8 Å². The van der Waals surface area contributed by atoms with Gasteiger partial charge in [0.1, 0.15) is 5.82 Å². The molecular formula is C17H28FIN4O2. The highest BCUT2D eigenvalue weighted by Gasteiger charge is 2.05. The number of carbonyl (C=O) groups is 1. The van der Waals surface area contributed by atoms with Gasteiger partial charge >= 0.3 is 0 Å². The molecule has 0 aliphatic carbocycles. The number of likely N-dealkylation sites (N-methyl/N-ethyl adjacent to an activating group) is 1. The van der Waals surface area contributed by atoms with Crippen LogP contribution in [0.15, 0.2) is 29.3 Å². The van der Waals surface area contributed by atoms with Crippen LogP contribution in [0.3, 0.4) is 0 Å². The summed E-state index contributed by atoms with van der Waals surface area (Å²) in [5.41, 5.74) is 0.894. The second-order valence-electron chi connectivity index (χ2n) is 5.41. The number of amides is 1. The molecule has 1 amide bonds. The van der Waals surface area contributed by atoms with Gasteiger partial charge in [0.25, 0.3) is 0 Å². The van der Waals surface area contributed by atoms with Crippen molar-refractivity contribution in [3.8, 4) is 0 Å². The predicted molar refractivity (Wildman–Crippen MR) is 109 cm³/mol. The zero-order valence-corrected chi connectivity index (χ0v) is 17.4. The van der Waals surface area contributed by atoms with Crippen molar-refractivity contribution in [3.63, 3.8) is 0 Å². The van der Waals surface area contributed by atoms with Gasteiger partial charge in [-0.1, -0.05) is 12.1 Å². The summed E-state index contributed by atoms with van der Waals surface area (Å²) in [6, 6.07) is 6.19. The van der Waals surface area contributed by atoms with E-state index in [4.69, 9.17) is 4.74 Å². The number of carbonyl (C=O) groups excluding carboxylic acids is 1. The van der Waals surface area contributed by atoms with E-state index in [1.807, 2.05) is 6.92 Å². The number of nitrogens with one attached hydrogen (secondary N) is 2. The Morgan fingerprint density at radius 1 is 1.24 bits per heavy atom. The summed E-state index contributed by atoms with van der Waals surface area (Å²) in [4.78, 5) is 17.6. The first-order valence-electron chi connectivity index (χ1n) is 8.07. The van der Waals surface area contributed by atoms with Crippen molar-refractivity contribution in [1.29, 1.82) is 0 Å². The van der Waals surface area contributed by atoms with Gasteiger partial charge in [-0.3, -0.25) is 4.79 Å². The third kappa shape index (κ3) is 10.9. The van der Waals surface area contributed by atoms with Crippen molar-refractivity contribution < 1.29 is 13.9 Å².